The number of hydrogen-bond acceptors (Lipinski definition) is 6. The van der Waals surface area contributed by atoms with Gasteiger partial charge in [0.25, 0.3) is 0 Å². The Morgan fingerprint density at radius 3 is 1.23 bits per heavy atom. The molecule has 0 N–H and O–H groups in total. The Morgan fingerprint density at radius 1 is 0.564 bits per heavy atom. The first-order valence-corrected chi connectivity index (χ1v) is 12.3. The molecule has 0 spiro atoms. The van der Waals surface area contributed by atoms with Crippen molar-refractivity contribution < 1.29 is 28.5 Å². The minimum absolute atomic E-state index is 0.326. The lowest BCUT2D eigenvalue weighted by molar-refractivity contribution is -0.135. The highest BCUT2D eigenvalue weighted by Crippen LogP contribution is 2.28. The smallest absolute Gasteiger partial charge is 0.338 e. The molecule has 0 aliphatic carbocycles. The molecule has 200 valence electrons. The molecule has 0 atom stereocenters. The number of benzene rings is 3. The zero-order chi connectivity index (χ0) is 28.5. The van der Waals surface area contributed by atoms with Crippen molar-refractivity contribution in [3.05, 3.63) is 121 Å². The minimum Gasteiger partial charge on any atom is -0.459 e. The number of carbonyl (C=O) groups is 2. The fourth-order valence-corrected chi connectivity index (χ4v) is 3.35. The van der Waals surface area contributed by atoms with Crippen LogP contribution in [0.15, 0.2) is 121 Å². The van der Waals surface area contributed by atoms with E-state index in [1.807, 2.05) is 48.5 Å². The summed E-state index contributed by atoms with van der Waals surface area (Å²) in [6.45, 7) is 15.4. The van der Waals surface area contributed by atoms with E-state index in [-0.39, 0.29) is 0 Å². The Hall–Kier alpha value is -4.84. The highest BCUT2D eigenvalue weighted by molar-refractivity contribution is 5.87. The van der Waals surface area contributed by atoms with Crippen molar-refractivity contribution in [3.63, 3.8) is 0 Å². The van der Waals surface area contributed by atoms with Gasteiger partial charge >= 0.3 is 11.9 Å². The quantitative estimate of drug-likeness (QED) is 0.151. The van der Waals surface area contributed by atoms with Crippen molar-refractivity contribution in [1.29, 1.82) is 0 Å². The first-order chi connectivity index (χ1) is 18.6. The molecule has 0 aromatic heterocycles. The summed E-state index contributed by atoms with van der Waals surface area (Å²) in [6.07, 6.45) is 1.11. The first-order valence-electron chi connectivity index (χ1n) is 12.3. The van der Waals surface area contributed by atoms with Gasteiger partial charge in [-0.2, -0.15) is 0 Å². The SMILES string of the molecule is C=CC(=O)O/C(C)=C(\C)Oc1ccc(-c2ccc(-c3ccc(O/C(C)=C(\C)OC(=O)C(=C)C)cc3)cc2)cc1. The third kappa shape index (κ3) is 8.07. The number of allylic oxidation sites excluding steroid dienone is 4. The Kier molecular flexibility index (Phi) is 9.65. The van der Waals surface area contributed by atoms with Crippen LogP contribution in [0.25, 0.3) is 22.3 Å². The van der Waals surface area contributed by atoms with Crippen molar-refractivity contribution >= 4 is 11.9 Å². The summed E-state index contributed by atoms with van der Waals surface area (Å²) in [4.78, 5) is 23.1. The van der Waals surface area contributed by atoms with Gasteiger partial charge in [-0.1, -0.05) is 61.7 Å². The first kappa shape index (κ1) is 28.7. The second kappa shape index (κ2) is 13.1. The lowest BCUT2D eigenvalue weighted by Gasteiger charge is -2.11. The number of rotatable bonds is 10. The van der Waals surface area contributed by atoms with Gasteiger partial charge in [0.05, 0.1) is 0 Å². The van der Waals surface area contributed by atoms with Crippen LogP contribution in [0.4, 0.5) is 0 Å². The molecular formula is C33H32O6. The van der Waals surface area contributed by atoms with Crippen LogP contribution in [0.1, 0.15) is 34.6 Å². The summed E-state index contributed by atoms with van der Waals surface area (Å²) >= 11 is 0. The van der Waals surface area contributed by atoms with Crippen LogP contribution in [0.2, 0.25) is 0 Å². The van der Waals surface area contributed by atoms with E-state index in [1.165, 1.54) is 0 Å². The van der Waals surface area contributed by atoms with Gasteiger partial charge < -0.3 is 18.9 Å². The molecule has 39 heavy (non-hydrogen) atoms. The van der Waals surface area contributed by atoms with E-state index < -0.39 is 11.9 Å². The molecule has 0 aliphatic heterocycles. The van der Waals surface area contributed by atoms with Gasteiger partial charge in [-0.15, -0.1) is 0 Å². The lowest BCUT2D eigenvalue weighted by atomic mass is 10.0. The Bertz CT molecular complexity index is 1420. The molecule has 0 radical (unpaired) electrons. The fraction of sp³-hybridized carbons (Fsp3) is 0.152. The molecule has 0 fully saturated rings. The Morgan fingerprint density at radius 2 is 0.897 bits per heavy atom. The summed E-state index contributed by atoms with van der Waals surface area (Å²) in [7, 11) is 0. The van der Waals surface area contributed by atoms with Crippen molar-refractivity contribution in [2.75, 3.05) is 0 Å². The molecule has 6 heteroatoms. The number of carbonyl (C=O) groups excluding carboxylic acids is 2. The molecular weight excluding hydrogens is 492 g/mol. The zero-order valence-corrected chi connectivity index (χ0v) is 22.9. The maximum atomic E-state index is 11.7. The number of hydrogen-bond donors (Lipinski definition) is 0. The third-order valence-electron chi connectivity index (χ3n) is 5.81. The minimum atomic E-state index is -0.528. The standard InChI is InChI=1S/C33H32O6/c1-8-32(34)38-24(6)22(4)36-30-17-13-28(14-18-30)26-9-11-27(12-10-26)29-15-19-31(20-16-29)37-23(5)25(7)39-33(35)21(2)3/h8-20H,1-2H2,3-7H3/b24-22+,25-23+. The molecule has 0 saturated carbocycles. The molecule has 6 nitrogen and oxygen atoms in total. The highest BCUT2D eigenvalue weighted by atomic mass is 16.6. The van der Waals surface area contributed by atoms with Gasteiger partial charge in [0, 0.05) is 11.6 Å². The van der Waals surface area contributed by atoms with Crippen LogP contribution in [0.5, 0.6) is 11.5 Å². The highest BCUT2D eigenvalue weighted by Gasteiger charge is 2.09. The predicted molar refractivity (Wildman–Crippen MR) is 153 cm³/mol. The van der Waals surface area contributed by atoms with Gasteiger partial charge in [-0.05, 0) is 81.1 Å². The van der Waals surface area contributed by atoms with Crippen molar-refractivity contribution in [3.8, 4) is 33.8 Å². The van der Waals surface area contributed by atoms with Crippen LogP contribution >= 0.6 is 0 Å². The third-order valence-corrected chi connectivity index (χ3v) is 5.81. The topological polar surface area (TPSA) is 71.1 Å². The van der Waals surface area contributed by atoms with E-state index in [0.29, 0.717) is 40.1 Å². The van der Waals surface area contributed by atoms with Gasteiger partial charge in [0.1, 0.15) is 34.5 Å². The van der Waals surface area contributed by atoms with Crippen LogP contribution < -0.4 is 9.47 Å². The molecule has 0 aliphatic rings. The maximum Gasteiger partial charge on any atom is 0.338 e. The Balaban J connectivity index is 1.65. The second-order valence-corrected chi connectivity index (χ2v) is 8.85. The maximum absolute atomic E-state index is 11.7. The Labute approximate surface area is 229 Å². The average Bonchev–Trinajstić information content (AvgIpc) is 2.93. The summed E-state index contributed by atoms with van der Waals surface area (Å²) in [5.41, 5.74) is 4.54. The zero-order valence-electron chi connectivity index (χ0n) is 22.9. The van der Waals surface area contributed by atoms with Gasteiger partial charge in [0.2, 0.25) is 0 Å². The molecule has 0 amide bonds. The van der Waals surface area contributed by atoms with E-state index in [9.17, 15) is 9.59 Å². The molecule has 0 unspecified atom stereocenters. The molecule has 0 bridgehead atoms. The summed E-state index contributed by atoms with van der Waals surface area (Å²) in [5.74, 6) is 2.02. The van der Waals surface area contributed by atoms with Crippen molar-refractivity contribution in [2.45, 2.75) is 34.6 Å². The van der Waals surface area contributed by atoms with Gasteiger partial charge in [-0.3, -0.25) is 0 Å². The van der Waals surface area contributed by atoms with E-state index >= 15 is 0 Å². The van der Waals surface area contributed by atoms with E-state index in [2.05, 4.69) is 37.4 Å². The van der Waals surface area contributed by atoms with Crippen molar-refractivity contribution in [1.82, 2.24) is 0 Å². The van der Waals surface area contributed by atoms with Crippen LogP contribution in [0.3, 0.4) is 0 Å². The molecule has 0 heterocycles. The van der Waals surface area contributed by atoms with Crippen LogP contribution in [0, 0.1) is 0 Å². The summed E-state index contributed by atoms with van der Waals surface area (Å²) < 4.78 is 21.9. The van der Waals surface area contributed by atoms with Gasteiger partial charge in [-0.25, -0.2) is 9.59 Å². The molecule has 0 saturated heterocycles. The van der Waals surface area contributed by atoms with E-state index in [4.69, 9.17) is 18.9 Å². The second-order valence-electron chi connectivity index (χ2n) is 8.85. The van der Waals surface area contributed by atoms with Crippen LogP contribution in [-0.4, -0.2) is 11.9 Å². The largest absolute Gasteiger partial charge is 0.459 e. The molecule has 3 aromatic carbocycles. The monoisotopic (exact) mass is 524 g/mol. The van der Waals surface area contributed by atoms with Crippen molar-refractivity contribution in [2.24, 2.45) is 0 Å². The fourth-order valence-electron chi connectivity index (χ4n) is 3.35. The average molecular weight is 525 g/mol. The lowest BCUT2D eigenvalue weighted by Crippen LogP contribution is -2.06. The normalized spacial score (nSPS) is 11.9. The van der Waals surface area contributed by atoms with E-state index in [1.54, 1.807) is 34.6 Å². The van der Waals surface area contributed by atoms with Crippen LogP contribution in [-0.2, 0) is 19.1 Å². The van der Waals surface area contributed by atoms with Gasteiger partial charge in [0.15, 0.2) is 0 Å². The number of esters is 2. The van der Waals surface area contributed by atoms with E-state index in [0.717, 1.165) is 28.3 Å². The molecule has 3 aromatic rings. The summed E-state index contributed by atoms with van der Waals surface area (Å²) in [6, 6.07) is 23.6. The predicted octanol–water partition coefficient (Wildman–Crippen LogP) is 8.13. The number of ether oxygens (including phenoxy) is 4. The summed E-state index contributed by atoms with van der Waals surface area (Å²) in [5, 5.41) is 0. The molecule has 3 rings (SSSR count).